The summed E-state index contributed by atoms with van der Waals surface area (Å²) in [6.07, 6.45) is 0.990. The Hall–Kier alpha value is -1.80. The number of ether oxygens (including phenoxy) is 1. The fraction of sp³-hybridized carbons (Fsp3) is 0.250. The number of hydrogen-bond donors (Lipinski definition) is 1. The highest BCUT2D eigenvalue weighted by Crippen LogP contribution is 2.20. The SMILES string of the molecule is CNC(Cc1ccccc1)c1ccc(OC)cc1. The van der Waals surface area contributed by atoms with Crippen molar-refractivity contribution in [2.45, 2.75) is 12.5 Å². The Morgan fingerprint density at radius 1 is 1.00 bits per heavy atom. The molecule has 0 fully saturated rings. The van der Waals surface area contributed by atoms with Crippen LogP contribution in [0.4, 0.5) is 0 Å². The highest BCUT2D eigenvalue weighted by molar-refractivity contribution is 5.30. The number of methoxy groups -OCH3 is 1. The molecule has 0 aliphatic carbocycles. The first-order valence-electron chi connectivity index (χ1n) is 6.18. The molecular formula is C16H19NO. The first-order chi connectivity index (χ1) is 8.83. The van der Waals surface area contributed by atoms with Gasteiger partial charge >= 0.3 is 0 Å². The van der Waals surface area contributed by atoms with Gasteiger partial charge in [0.05, 0.1) is 7.11 Å². The first kappa shape index (κ1) is 12.7. The van der Waals surface area contributed by atoms with Crippen molar-refractivity contribution in [3.63, 3.8) is 0 Å². The third-order valence-corrected chi connectivity index (χ3v) is 3.15. The lowest BCUT2D eigenvalue weighted by molar-refractivity contribution is 0.414. The third kappa shape index (κ3) is 3.11. The van der Waals surface area contributed by atoms with Gasteiger partial charge in [-0.05, 0) is 36.7 Å². The molecule has 0 bridgehead atoms. The molecule has 2 heteroatoms. The van der Waals surface area contributed by atoms with Crippen molar-refractivity contribution < 1.29 is 4.74 Å². The molecule has 0 saturated heterocycles. The van der Waals surface area contributed by atoms with E-state index in [1.54, 1.807) is 7.11 Å². The zero-order valence-corrected chi connectivity index (χ0v) is 10.9. The smallest absolute Gasteiger partial charge is 0.118 e. The van der Waals surface area contributed by atoms with Crippen LogP contribution in [0.5, 0.6) is 5.75 Å². The Labute approximate surface area is 109 Å². The van der Waals surface area contributed by atoms with E-state index in [9.17, 15) is 0 Å². The van der Waals surface area contributed by atoms with E-state index in [1.807, 2.05) is 25.2 Å². The van der Waals surface area contributed by atoms with Crippen molar-refractivity contribution in [1.29, 1.82) is 0 Å². The Bertz CT molecular complexity index is 464. The molecule has 94 valence electrons. The quantitative estimate of drug-likeness (QED) is 0.868. The van der Waals surface area contributed by atoms with Crippen LogP contribution >= 0.6 is 0 Å². The minimum Gasteiger partial charge on any atom is -0.497 e. The molecule has 1 N–H and O–H groups in total. The second kappa shape index (κ2) is 6.22. The van der Waals surface area contributed by atoms with Crippen LogP contribution in [0.25, 0.3) is 0 Å². The minimum atomic E-state index is 0.332. The number of rotatable bonds is 5. The average Bonchev–Trinajstić information content (AvgIpc) is 2.46. The fourth-order valence-electron chi connectivity index (χ4n) is 2.07. The predicted octanol–water partition coefficient (Wildman–Crippen LogP) is 3.20. The van der Waals surface area contributed by atoms with Crippen molar-refractivity contribution in [3.8, 4) is 5.75 Å². The van der Waals surface area contributed by atoms with Crippen LogP contribution in [0.1, 0.15) is 17.2 Å². The molecular weight excluding hydrogens is 222 g/mol. The zero-order valence-electron chi connectivity index (χ0n) is 10.9. The van der Waals surface area contributed by atoms with Crippen LogP contribution in [0.3, 0.4) is 0 Å². The van der Waals surface area contributed by atoms with E-state index in [1.165, 1.54) is 11.1 Å². The molecule has 0 aliphatic heterocycles. The Morgan fingerprint density at radius 3 is 2.22 bits per heavy atom. The summed E-state index contributed by atoms with van der Waals surface area (Å²) in [5, 5.41) is 3.36. The molecule has 2 nitrogen and oxygen atoms in total. The lowest BCUT2D eigenvalue weighted by atomic mass is 9.99. The number of benzene rings is 2. The van der Waals surface area contributed by atoms with Crippen LogP contribution in [0, 0.1) is 0 Å². The monoisotopic (exact) mass is 241 g/mol. The molecule has 0 spiro atoms. The van der Waals surface area contributed by atoms with Gasteiger partial charge in [-0.1, -0.05) is 42.5 Å². The van der Waals surface area contributed by atoms with Gasteiger partial charge in [-0.2, -0.15) is 0 Å². The van der Waals surface area contributed by atoms with Crippen molar-refractivity contribution in [2.24, 2.45) is 0 Å². The molecule has 0 aromatic heterocycles. The highest BCUT2D eigenvalue weighted by Gasteiger charge is 2.09. The maximum Gasteiger partial charge on any atom is 0.118 e. The van der Waals surface area contributed by atoms with Gasteiger partial charge in [0.15, 0.2) is 0 Å². The number of nitrogens with one attached hydrogen (secondary N) is 1. The summed E-state index contributed by atoms with van der Waals surface area (Å²) in [5.41, 5.74) is 2.62. The van der Waals surface area contributed by atoms with Crippen molar-refractivity contribution in [3.05, 3.63) is 65.7 Å². The highest BCUT2D eigenvalue weighted by atomic mass is 16.5. The molecule has 0 radical (unpaired) electrons. The molecule has 2 rings (SSSR count). The molecule has 0 heterocycles. The van der Waals surface area contributed by atoms with Gasteiger partial charge in [0, 0.05) is 6.04 Å². The maximum atomic E-state index is 5.18. The van der Waals surface area contributed by atoms with Crippen LogP contribution in [-0.2, 0) is 6.42 Å². The maximum absolute atomic E-state index is 5.18. The van der Waals surface area contributed by atoms with E-state index in [0.29, 0.717) is 6.04 Å². The largest absolute Gasteiger partial charge is 0.497 e. The Kier molecular flexibility index (Phi) is 4.37. The van der Waals surface area contributed by atoms with Gasteiger partial charge in [0.1, 0.15) is 5.75 Å². The summed E-state index contributed by atoms with van der Waals surface area (Å²) in [6.45, 7) is 0. The van der Waals surface area contributed by atoms with Crippen LogP contribution < -0.4 is 10.1 Å². The number of likely N-dealkylation sites (N-methyl/N-ethyl adjacent to an activating group) is 1. The van der Waals surface area contributed by atoms with Gasteiger partial charge in [0.2, 0.25) is 0 Å². The van der Waals surface area contributed by atoms with E-state index in [0.717, 1.165) is 12.2 Å². The molecule has 18 heavy (non-hydrogen) atoms. The Morgan fingerprint density at radius 2 is 1.67 bits per heavy atom. The standard InChI is InChI=1S/C16H19NO/c1-17-16(12-13-6-4-3-5-7-13)14-8-10-15(18-2)11-9-14/h3-11,16-17H,12H2,1-2H3. The first-order valence-corrected chi connectivity index (χ1v) is 6.18. The van der Waals surface area contributed by atoms with Gasteiger partial charge in [-0.3, -0.25) is 0 Å². The lowest BCUT2D eigenvalue weighted by Crippen LogP contribution is -2.18. The summed E-state index contributed by atoms with van der Waals surface area (Å²) < 4.78 is 5.18. The molecule has 0 aliphatic rings. The summed E-state index contributed by atoms with van der Waals surface area (Å²) in [6, 6.07) is 19.1. The topological polar surface area (TPSA) is 21.3 Å². The normalized spacial score (nSPS) is 12.1. The minimum absolute atomic E-state index is 0.332. The number of hydrogen-bond acceptors (Lipinski definition) is 2. The molecule has 1 unspecified atom stereocenters. The van der Waals surface area contributed by atoms with Crippen molar-refractivity contribution in [1.82, 2.24) is 5.32 Å². The third-order valence-electron chi connectivity index (χ3n) is 3.15. The molecule has 0 saturated carbocycles. The second-order valence-corrected chi connectivity index (χ2v) is 4.30. The van der Waals surface area contributed by atoms with E-state index >= 15 is 0 Å². The predicted molar refractivity (Wildman–Crippen MR) is 74.9 cm³/mol. The molecule has 1 atom stereocenters. The molecule has 0 amide bonds. The van der Waals surface area contributed by atoms with E-state index in [4.69, 9.17) is 4.74 Å². The fourth-order valence-corrected chi connectivity index (χ4v) is 2.07. The summed E-state index contributed by atoms with van der Waals surface area (Å²) in [7, 11) is 3.69. The van der Waals surface area contributed by atoms with Crippen molar-refractivity contribution in [2.75, 3.05) is 14.2 Å². The van der Waals surface area contributed by atoms with Gasteiger partial charge in [-0.25, -0.2) is 0 Å². The van der Waals surface area contributed by atoms with Crippen LogP contribution in [-0.4, -0.2) is 14.2 Å². The van der Waals surface area contributed by atoms with Crippen LogP contribution in [0.2, 0.25) is 0 Å². The van der Waals surface area contributed by atoms with Crippen LogP contribution in [0.15, 0.2) is 54.6 Å². The van der Waals surface area contributed by atoms with Gasteiger partial charge in [-0.15, -0.1) is 0 Å². The van der Waals surface area contributed by atoms with Gasteiger partial charge < -0.3 is 10.1 Å². The summed E-state index contributed by atoms with van der Waals surface area (Å²) >= 11 is 0. The average molecular weight is 241 g/mol. The zero-order chi connectivity index (χ0) is 12.8. The van der Waals surface area contributed by atoms with E-state index < -0.39 is 0 Å². The molecule has 2 aromatic rings. The van der Waals surface area contributed by atoms with E-state index in [2.05, 4.69) is 41.7 Å². The summed E-state index contributed by atoms with van der Waals surface area (Å²) in [4.78, 5) is 0. The second-order valence-electron chi connectivity index (χ2n) is 4.30. The summed E-state index contributed by atoms with van der Waals surface area (Å²) in [5.74, 6) is 0.897. The lowest BCUT2D eigenvalue weighted by Gasteiger charge is -2.17. The Balaban J connectivity index is 2.12. The van der Waals surface area contributed by atoms with Gasteiger partial charge in [0.25, 0.3) is 0 Å². The van der Waals surface area contributed by atoms with Crippen molar-refractivity contribution >= 4 is 0 Å². The molecule has 2 aromatic carbocycles. The van der Waals surface area contributed by atoms with E-state index in [-0.39, 0.29) is 0 Å².